The topological polar surface area (TPSA) is 73.6 Å². The Balaban J connectivity index is 1.54. The van der Waals surface area contributed by atoms with Crippen LogP contribution in [0.4, 0.5) is 0 Å². The van der Waals surface area contributed by atoms with Gasteiger partial charge in [0.1, 0.15) is 24.7 Å². The van der Waals surface area contributed by atoms with Crippen LogP contribution in [0.15, 0.2) is 85.1 Å². The molecule has 0 unspecified atom stereocenters. The first-order valence-electron chi connectivity index (χ1n) is 10.2. The van der Waals surface area contributed by atoms with Gasteiger partial charge in [-0.3, -0.25) is 4.79 Å². The second-order valence-corrected chi connectivity index (χ2v) is 7.32. The van der Waals surface area contributed by atoms with Gasteiger partial charge in [-0.25, -0.2) is 4.68 Å². The fraction of sp³-hybridized carbons (Fsp3) is 0.0769. The van der Waals surface area contributed by atoms with Crippen molar-refractivity contribution in [3.63, 3.8) is 0 Å². The van der Waals surface area contributed by atoms with Crippen molar-refractivity contribution in [2.75, 3.05) is 13.2 Å². The Bertz CT molecular complexity index is 1290. The molecule has 0 bridgehead atoms. The van der Waals surface area contributed by atoms with Crippen LogP contribution in [0.25, 0.3) is 23.0 Å². The number of para-hydroxylation sites is 1. The predicted octanol–water partition coefficient (Wildman–Crippen LogP) is 4.91. The quantitative estimate of drug-likeness (QED) is 0.364. The summed E-state index contributed by atoms with van der Waals surface area (Å²) in [6.45, 7) is 1.03. The highest BCUT2D eigenvalue weighted by Crippen LogP contribution is 2.35. The summed E-state index contributed by atoms with van der Waals surface area (Å²) < 4.78 is 13.1. The van der Waals surface area contributed by atoms with Crippen LogP contribution >= 0.6 is 0 Å². The van der Waals surface area contributed by atoms with Crippen LogP contribution in [0, 0.1) is 0 Å². The molecule has 3 aromatic carbocycles. The van der Waals surface area contributed by atoms with E-state index in [-0.39, 0.29) is 11.5 Å². The molecule has 0 saturated carbocycles. The number of hydrogen-bond acceptors (Lipinski definition) is 5. The molecule has 6 heteroatoms. The van der Waals surface area contributed by atoms with Crippen LogP contribution in [0.1, 0.15) is 15.9 Å². The van der Waals surface area contributed by atoms with E-state index in [0.717, 1.165) is 22.5 Å². The van der Waals surface area contributed by atoms with Gasteiger partial charge in [0, 0.05) is 22.9 Å². The SMILES string of the molecule is O=C(/C=C/c1cn(-c2ccccc2)nc1-c1ccc2c(c1)OCCO2)c1ccc(O)cc1. The highest BCUT2D eigenvalue weighted by atomic mass is 16.6. The first-order chi connectivity index (χ1) is 15.7. The molecule has 0 saturated heterocycles. The van der Waals surface area contributed by atoms with Gasteiger partial charge in [0.25, 0.3) is 0 Å². The Labute approximate surface area is 185 Å². The van der Waals surface area contributed by atoms with E-state index >= 15 is 0 Å². The summed E-state index contributed by atoms with van der Waals surface area (Å²) in [5.74, 6) is 1.35. The summed E-state index contributed by atoms with van der Waals surface area (Å²) in [5, 5.41) is 14.2. The average molecular weight is 424 g/mol. The number of allylic oxidation sites excluding steroid dienone is 1. The number of rotatable bonds is 5. The van der Waals surface area contributed by atoms with Gasteiger partial charge in [-0.2, -0.15) is 5.10 Å². The number of nitrogens with zero attached hydrogens (tertiary/aromatic N) is 2. The van der Waals surface area contributed by atoms with Crippen molar-refractivity contribution < 1.29 is 19.4 Å². The summed E-state index contributed by atoms with van der Waals surface area (Å²) >= 11 is 0. The van der Waals surface area contributed by atoms with Crippen LogP contribution in [-0.4, -0.2) is 33.9 Å². The lowest BCUT2D eigenvalue weighted by atomic mass is 10.1. The van der Waals surface area contributed by atoms with Crippen molar-refractivity contribution in [2.24, 2.45) is 0 Å². The molecule has 5 rings (SSSR count). The monoisotopic (exact) mass is 424 g/mol. The summed E-state index contributed by atoms with van der Waals surface area (Å²) in [4.78, 5) is 12.6. The second-order valence-electron chi connectivity index (χ2n) is 7.32. The molecule has 6 nitrogen and oxygen atoms in total. The zero-order valence-electron chi connectivity index (χ0n) is 17.1. The molecule has 158 valence electrons. The number of hydrogen-bond donors (Lipinski definition) is 1. The third-order valence-corrected chi connectivity index (χ3v) is 5.14. The Hall–Kier alpha value is -4.32. The van der Waals surface area contributed by atoms with E-state index in [4.69, 9.17) is 14.6 Å². The largest absolute Gasteiger partial charge is 0.508 e. The van der Waals surface area contributed by atoms with E-state index in [1.54, 1.807) is 22.9 Å². The number of fused-ring (bicyclic) bond motifs is 1. The minimum absolute atomic E-state index is 0.121. The van der Waals surface area contributed by atoms with Gasteiger partial charge < -0.3 is 14.6 Å². The van der Waals surface area contributed by atoms with Gasteiger partial charge in [0.15, 0.2) is 17.3 Å². The van der Waals surface area contributed by atoms with Crippen molar-refractivity contribution in [1.29, 1.82) is 0 Å². The molecule has 2 heterocycles. The maximum absolute atomic E-state index is 12.6. The number of phenolic OH excluding ortho intramolecular Hbond substituents is 1. The standard InChI is InChI=1S/C26H20N2O4/c29-22-10-6-18(7-11-22)23(30)12-8-20-17-28(21-4-2-1-3-5-21)27-26(20)19-9-13-24-25(16-19)32-15-14-31-24/h1-13,16-17,29H,14-15H2/b12-8+. The van der Waals surface area contributed by atoms with E-state index in [2.05, 4.69) is 0 Å². The van der Waals surface area contributed by atoms with Gasteiger partial charge in [-0.05, 0) is 66.7 Å². The van der Waals surface area contributed by atoms with E-state index in [9.17, 15) is 9.90 Å². The zero-order chi connectivity index (χ0) is 21.9. The number of aromatic nitrogens is 2. The highest BCUT2D eigenvalue weighted by Gasteiger charge is 2.16. The number of ether oxygens (including phenoxy) is 2. The van der Waals surface area contributed by atoms with E-state index in [1.807, 2.05) is 54.7 Å². The Morgan fingerprint density at radius 2 is 1.69 bits per heavy atom. The van der Waals surface area contributed by atoms with Crippen molar-refractivity contribution in [3.05, 3.63) is 96.2 Å². The fourth-order valence-corrected chi connectivity index (χ4v) is 3.52. The van der Waals surface area contributed by atoms with Crippen LogP contribution < -0.4 is 9.47 Å². The molecule has 4 aromatic rings. The molecule has 0 atom stereocenters. The lowest BCUT2D eigenvalue weighted by Crippen LogP contribution is -2.15. The molecule has 32 heavy (non-hydrogen) atoms. The summed E-state index contributed by atoms with van der Waals surface area (Å²) in [6.07, 6.45) is 5.16. The van der Waals surface area contributed by atoms with Crippen molar-refractivity contribution in [1.82, 2.24) is 9.78 Å². The predicted molar refractivity (Wildman–Crippen MR) is 121 cm³/mol. The molecule has 1 aromatic heterocycles. The first kappa shape index (κ1) is 19.6. The zero-order valence-corrected chi connectivity index (χ0v) is 17.1. The van der Waals surface area contributed by atoms with Crippen LogP contribution in [0.5, 0.6) is 17.2 Å². The van der Waals surface area contributed by atoms with Crippen molar-refractivity contribution in [2.45, 2.75) is 0 Å². The molecule has 0 amide bonds. The Morgan fingerprint density at radius 3 is 2.47 bits per heavy atom. The molecule has 0 radical (unpaired) electrons. The summed E-state index contributed by atoms with van der Waals surface area (Å²) in [6, 6.07) is 21.7. The number of aromatic hydroxyl groups is 1. The van der Waals surface area contributed by atoms with Gasteiger partial charge >= 0.3 is 0 Å². The van der Waals surface area contributed by atoms with Gasteiger partial charge in [-0.1, -0.05) is 18.2 Å². The van der Waals surface area contributed by atoms with E-state index in [1.165, 1.54) is 18.2 Å². The van der Waals surface area contributed by atoms with Crippen LogP contribution in [-0.2, 0) is 0 Å². The number of benzene rings is 3. The van der Waals surface area contributed by atoms with Gasteiger partial charge in [0.05, 0.1) is 5.69 Å². The number of phenols is 1. The fourth-order valence-electron chi connectivity index (χ4n) is 3.52. The first-order valence-corrected chi connectivity index (χ1v) is 10.2. The summed E-state index contributed by atoms with van der Waals surface area (Å²) in [5.41, 5.74) is 3.78. The maximum Gasteiger partial charge on any atom is 0.185 e. The molecule has 1 aliphatic rings. The normalized spacial score (nSPS) is 12.8. The molecule has 0 aliphatic carbocycles. The Kier molecular flexibility index (Phi) is 5.17. The third-order valence-electron chi connectivity index (χ3n) is 5.14. The lowest BCUT2D eigenvalue weighted by Gasteiger charge is -2.18. The van der Waals surface area contributed by atoms with E-state index < -0.39 is 0 Å². The minimum atomic E-state index is -0.161. The molecule has 0 fully saturated rings. The lowest BCUT2D eigenvalue weighted by molar-refractivity contribution is 0.104. The molecule has 1 N–H and O–H groups in total. The minimum Gasteiger partial charge on any atom is -0.508 e. The number of carbonyl (C=O) groups excluding carboxylic acids is 1. The summed E-state index contributed by atoms with van der Waals surface area (Å²) in [7, 11) is 0. The van der Waals surface area contributed by atoms with Crippen molar-refractivity contribution >= 4 is 11.9 Å². The smallest absolute Gasteiger partial charge is 0.185 e. The van der Waals surface area contributed by atoms with Gasteiger partial charge in [-0.15, -0.1) is 0 Å². The molecule has 0 spiro atoms. The van der Waals surface area contributed by atoms with E-state index in [0.29, 0.717) is 30.3 Å². The highest BCUT2D eigenvalue weighted by molar-refractivity contribution is 6.07. The Morgan fingerprint density at radius 1 is 0.938 bits per heavy atom. The van der Waals surface area contributed by atoms with Gasteiger partial charge in [0.2, 0.25) is 0 Å². The van der Waals surface area contributed by atoms with Crippen LogP contribution in [0.2, 0.25) is 0 Å². The molecular weight excluding hydrogens is 404 g/mol. The molecular formula is C26H20N2O4. The van der Waals surface area contributed by atoms with Crippen LogP contribution in [0.3, 0.4) is 0 Å². The second kappa shape index (κ2) is 8.43. The van der Waals surface area contributed by atoms with Crippen molar-refractivity contribution in [3.8, 4) is 34.2 Å². The third kappa shape index (κ3) is 3.98. The number of carbonyl (C=O) groups is 1. The maximum atomic E-state index is 12.6. The number of ketones is 1. The molecule has 1 aliphatic heterocycles. The average Bonchev–Trinajstić information content (AvgIpc) is 3.27.